The van der Waals surface area contributed by atoms with Crippen molar-refractivity contribution < 1.29 is 14.2 Å². The summed E-state index contributed by atoms with van der Waals surface area (Å²) in [7, 11) is 0. The van der Waals surface area contributed by atoms with E-state index in [1.807, 2.05) is 43.3 Å². The van der Waals surface area contributed by atoms with Gasteiger partial charge >= 0.3 is 0 Å². The lowest BCUT2D eigenvalue weighted by molar-refractivity contribution is 0.173. The number of halogens is 1. The van der Waals surface area contributed by atoms with Gasteiger partial charge in [0, 0.05) is 21.3 Å². The first-order valence-electron chi connectivity index (χ1n) is 8.71. The van der Waals surface area contributed by atoms with E-state index in [-0.39, 0.29) is 6.79 Å². The zero-order chi connectivity index (χ0) is 19.1. The Morgan fingerprint density at radius 2 is 2.04 bits per heavy atom. The van der Waals surface area contributed by atoms with E-state index in [9.17, 15) is 0 Å². The van der Waals surface area contributed by atoms with E-state index in [0.29, 0.717) is 22.5 Å². The Morgan fingerprint density at radius 1 is 1.14 bits per heavy atom. The topological polar surface area (TPSA) is 78.4 Å². The molecule has 0 amide bonds. The predicted molar refractivity (Wildman–Crippen MR) is 109 cm³/mol. The molecule has 0 saturated heterocycles. The van der Waals surface area contributed by atoms with Crippen LogP contribution in [0.1, 0.15) is 18.7 Å². The summed E-state index contributed by atoms with van der Waals surface area (Å²) >= 11 is 5.05. The van der Waals surface area contributed by atoms with Gasteiger partial charge in [0.1, 0.15) is 0 Å². The molecule has 0 spiro atoms. The standard InChI is InChI=1S/C19H15BrN4O3S/c1-2-28-19-22-18-16(23-24-19)12-8-11(20)4-5-13(12)21-17(27-18)10-3-6-14-15(7-10)26-9-25-14/h3-8,17,21H,2,9H2,1H3/t17-/m1/s1. The van der Waals surface area contributed by atoms with E-state index in [2.05, 4.69) is 36.4 Å². The summed E-state index contributed by atoms with van der Waals surface area (Å²) in [6, 6.07) is 11.7. The van der Waals surface area contributed by atoms with Crippen molar-refractivity contribution in [3.8, 4) is 28.6 Å². The van der Waals surface area contributed by atoms with Crippen LogP contribution in [0, 0.1) is 0 Å². The molecule has 0 aliphatic carbocycles. The maximum atomic E-state index is 6.26. The smallest absolute Gasteiger partial charge is 0.247 e. The highest BCUT2D eigenvalue weighted by Crippen LogP contribution is 2.42. The third kappa shape index (κ3) is 3.14. The molecule has 3 aromatic rings. The van der Waals surface area contributed by atoms with E-state index in [0.717, 1.165) is 32.8 Å². The van der Waals surface area contributed by atoms with E-state index in [1.165, 1.54) is 11.8 Å². The van der Waals surface area contributed by atoms with Crippen molar-refractivity contribution in [2.45, 2.75) is 18.3 Å². The first-order chi connectivity index (χ1) is 13.7. The molecule has 0 fully saturated rings. The van der Waals surface area contributed by atoms with E-state index >= 15 is 0 Å². The molecule has 2 aliphatic heterocycles. The number of nitrogens with zero attached hydrogens (tertiary/aromatic N) is 3. The summed E-state index contributed by atoms with van der Waals surface area (Å²) in [5, 5.41) is 12.7. The molecule has 7 nitrogen and oxygen atoms in total. The summed E-state index contributed by atoms with van der Waals surface area (Å²) < 4.78 is 18.1. The number of anilines is 1. The average Bonchev–Trinajstić information content (AvgIpc) is 3.11. The Morgan fingerprint density at radius 3 is 2.93 bits per heavy atom. The number of hydrogen-bond acceptors (Lipinski definition) is 8. The van der Waals surface area contributed by atoms with Crippen LogP contribution in [-0.2, 0) is 0 Å². The summed E-state index contributed by atoms with van der Waals surface area (Å²) in [6.45, 7) is 2.27. The number of nitrogens with one attached hydrogen (secondary N) is 1. The van der Waals surface area contributed by atoms with Crippen LogP contribution in [0.25, 0.3) is 11.3 Å². The minimum atomic E-state index is -0.466. The lowest BCUT2D eigenvalue weighted by atomic mass is 10.1. The summed E-state index contributed by atoms with van der Waals surface area (Å²) in [6.07, 6.45) is -0.466. The van der Waals surface area contributed by atoms with Crippen molar-refractivity contribution in [1.29, 1.82) is 0 Å². The molecular formula is C19H15BrN4O3S. The quantitative estimate of drug-likeness (QED) is 0.568. The lowest BCUT2D eigenvalue weighted by Gasteiger charge is -2.19. The second-order valence-electron chi connectivity index (χ2n) is 6.13. The Bertz CT molecular complexity index is 1070. The van der Waals surface area contributed by atoms with Gasteiger partial charge in [-0.05, 0) is 42.2 Å². The summed E-state index contributed by atoms with van der Waals surface area (Å²) in [4.78, 5) is 4.60. The fourth-order valence-corrected chi connectivity index (χ4v) is 3.95. The zero-order valence-corrected chi connectivity index (χ0v) is 17.2. The highest BCUT2D eigenvalue weighted by Gasteiger charge is 2.27. The highest BCUT2D eigenvalue weighted by atomic mass is 79.9. The van der Waals surface area contributed by atoms with Crippen LogP contribution < -0.4 is 19.5 Å². The van der Waals surface area contributed by atoms with Crippen molar-refractivity contribution in [3.05, 3.63) is 46.4 Å². The van der Waals surface area contributed by atoms with Gasteiger partial charge in [0.05, 0.1) is 0 Å². The zero-order valence-electron chi connectivity index (χ0n) is 14.8. The van der Waals surface area contributed by atoms with Crippen molar-refractivity contribution in [2.24, 2.45) is 0 Å². The molecule has 3 heterocycles. The minimum Gasteiger partial charge on any atom is -0.454 e. The van der Waals surface area contributed by atoms with Crippen LogP contribution >= 0.6 is 27.7 Å². The first-order valence-corrected chi connectivity index (χ1v) is 10.5. The molecule has 0 saturated carbocycles. The van der Waals surface area contributed by atoms with Gasteiger partial charge in [-0.25, -0.2) is 0 Å². The van der Waals surface area contributed by atoms with Crippen LogP contribution in [-0.4, -0.2) is 27.7 Å². The van der Waals surface area contributed by atoms with Gasteiger partial charge < -0.3 is 19.5 Å². The van der Waals surface area contributed by atoms with Crippen LogP contribution in [0.2, 0.25) is 0 Å². The molecular weight excluding hydrogens is 444 g/mol. The second kappa shape index (κ2) is 7.14. The summed E-state index contributed by atoms with van der Waals surface area (Å²) in [5.74, 6) is 2.73. The van der Waals surface area contributed by atoms with Crippen LogP contribution in [0.4, 0.5) is 5.69 Å². The van der Waals surface area contributed by atoms with Crippen molar-refractivity contribution >= 4 is 33.4 Å². The Labute approximate surface area is 174 Å². The van der Waals surface area contributed by atoms with Crippen molar-refractivity contribution in [2.75, 3.05) is 17.9 Å². The van der Waals surface area contributed by atoms with Gasteiger partial charge in [0.25, 0.3) is 0 Å². The van der Waals surface area contributed by atoms with Crippen molar-refractivity contribution in [1.82, 2.24) is 15.2 Å². The second-order valence-corrected chi connectivity index (χ2v) is 8.27. The number of thioether (sulfide) groups is 1. The Hall–Kier alpha value is -2.52. The monoisotopic (exact) mass is 458 g/mol. The molecule has 142 valence electrons. The number of ether oxygens (including phenoxy) is 3. The van der Waals surface area contributed by atoms with E-state index in [1.54, 1.807) is 0 Å². The maximum absolute atomic E-state index is 6.26. The minimum absolute atomic E-state index is 0.228. The Kier molecular flexibility index (Phi) is 4.48. The van der Waals surface area contributed by atoms with Gasteiger partial charge in [-0.3, -0.25) is 0 Å². The lowest BCUT2D eigenvalue weighted by Crippen LogP contribution is -2.17. The van der Waals surface area contributed by atoms with Gasteiger partial charge in [0.2, 0.25) is 17.8 Å². The molecule has 1 atom stereocenters. The maximum Gasteiger partial charge on any atom is 0.247 e. The molecule has 0 bridgehead atoms. The highest BCUT2D eigenvalue weighted by molar-refractivity contribution is 9.10. The molecule has 5 rings (SSSR count). The molecule has 28 heavy (non-hydrogen) atoms. The molecule has 9 heteroatoms. The summed E-state index contributed by atoms with van der Waals surface area (Å²) in [5.41, 5.74) is 3.26. The van der Waals surface area contributed by atoms with Crippen LogP contribution in [0.5, 0.6) is 17.4 Å². The number of benzene rings is 2. The molecule has 0 unspecified atom stereocenters. The molecule has 2 aliphatic rings. The van der Waals surface area contributed by atoms with Gasteiger partial charge in [-0.2, -0.15) is 4.98 Å². The SMILES string of the molecule is CCSc1nnc2c(n1)O[C@H](c1ccc3c(c1)OCO3)Nc1ccc(Br)cc1-2. The fourth-order valence-electron chi connectivity index (χ4n) is 3.09. The number of rotatable bonds is 3. The molecule has 2 aromatic carbocycles. The van der Waals surface area contributed by atoms with Crippen LogP contribution in [0.3, 0.4) is 0 Å². The van der Waals surface area contributed by atoms with Crippen LogP contribution in [0.15, 0.2) is 46.0 Å². The number of hydrogen-bond donors (Lipinski definition) is 1. The molecule has 1 aromatic heterocycles. The fraction of sp³-hybridized carbons (Fsp3) is 0.211. The normalized spacial score (nSPS) is 16.4. The number of fused-ring (bicyclic) bond motifs is 4. The van der Waals surface area contributed by atoms with Crippen molar-refractivity contribution in [3.63, 3.8) is 0 Å². The third-order valence-corrected chi connectivity index (χ3v) is 5.57. The molecule has 1 N–H and O–H groups in total. The predicted octanol–water partition coefficient (Wildman–Crippen LogP) is 4.64. The molecule has 0 radical (unpaired) electrons. The third-order valence-electron chi connectivity index (χ3n) is 4.36. The van der Waals surface area contributed by atoms with E-state index in [4.69, 9.17) is 14.2 Å². The van der Waals surface area contributed by atoms with Gasteiger partial charge in [0.15, 0.2) is 23.4 Å². The van der Waals surface area contributed by atoms with Gasteiger partial charge in [-0.1, -0.05) is 34.6 Å². The first kappa shape index (κ1) is 17.6. The number of aromatic nitrogens is 3. The Balaban J connectivity index is 1.62. The average molecular weight is 459 g/mol. The largest absolute Gasteiger partial charge is 0.454 e. The van der Waals surface area contributed by atoms with E-state index < -0.39 is 6.23 Å². The van der Waals surface area contributed by atoms with Gasteiger partial charge in [-0.15, -0.1) is 10.2 Å².